The Labute approximate surface area is 137 Å². The van der Waals surface area contributed by atoms with E-state index in [-0.39, 0.29) is 11.8 Å². The molecule has 0 saturated carbocycles. The van der Waals surface area contributed by atoms with E-state index in [9.17, 15) is 9.59 Å². The van der Waals surface area contributed by atoms with Crippen LogP contribution in [0.3, 0.4) is 0 Å². The molecule has 0 bridgehead atoms. The van der Waals surface area contributed by atoms with Crippen molar-refractivity contribution in [2.75, 3.05) is 13.1 Å². The number of carbonyl (C=O) groups is 2. The zero-order valence-corrected chi connectivity index (χ0v) is 13.5. The van der Waals surface area contributed by atoms with Gasteiger partial charge in [-0.2, -0.15) is 0 Å². The molecule has 128 valence electrons. The van der Waals surface area contributed by atoms with Crippen molar-refractivity contribution in [3.8, 4) is 0 Å². The van der Waals surface area contributed by atoms with Gasteiger partial charge in [0.05, 0.1) is 0 Å². The van der Waals surface area contributed by atoms with Gasteiger partial charge in [-0.15, -0.1) is 0 Å². The van der Waals surface area contributed by atoms with Gasteiger partial charge in [0.1, 0.15) is 0 Å². The van der Waals surface area contributed by atoms with Gasteiger partial charge in [-0.05, 0) is 37.5 Å². The molecule has 1 heterocycles. The molecule has 1 aliphatic rings. The number of nitrogens with one attached hydrogen (secondary N) is 3. The Kier molecular flexibility index (Phi) is 10.3. The second kappa shape index (κ2) is 12.5. The molecule has 0 fully saturated rings. The van der Waals surface area contributed by atoms with Crippen molar-refractivity contribution in [2.24, 2.45) is 0 Å². The number of allylic oxidation sites excluding steroid dienone is 3. The van der Waals surface area contributed by atoms with Gasteiger partial charge in [-0.25, -0.2) is 5.48 Å². The summed E-state index contributed by atoms with van der Waals surface area (Å²) in [6.45, 7) is 1.45. The standard InChI is InChI=1S/C17H27N3O3/c21-16(9-5-3-6-10-17(22)20-23)19-13-11-15-8-4-1-2-7-12-18-14-15/h1-2,4,7,14,18,23H,3,5-6,8-13H2,(H,19,21)(H,20,22)/b4-1-,7-2-,15-14+. The number of hydrogen-bond donors (Lipinski definition) is 4. The van der Waals surface area contributed by atoms with E-state index in [0.29, 0.717) is 25.8 Å². The molecule has 1 rings (SSSR count). The van der Waals surface area contributed by atoms with Crippen molar-refractivity contribution < 1.29 is 14.8 Å². The second-order valence-corrected chi connectivity index (χ2v) is 5.47. The lowest BCUT2D eigenvalue weighted by Crippen LogP contribution is -2.24. The molecular formula is C17H27N3O3. The fourth-order valence-electron chi connectivity index (χ4n) is 2.20. The van der Waals surface area contributed by atoms with Crippen molar-refractivity contribution in [3.05, 3.63) is 36.1 Å². The first-order valence-electron chi connectivity index (χ1n) is 8.15. The summed E-state index contributed by atoms with van der Waals surface area (Å²) in [7, 11) is 0. The first-order chi connectivity index (χ1) is 11.2. The van der Waals surface area contributed by atoms with E-state index in [2.05, 4.69) is 22.8 Å². The van der Waals surface area contributed by atoms with Gasteiger partial charge in [0.2, 0.25) is 11.8 Å². The van der Waals surface area contributed by atoms with E-state index >= 15 is 0 Å². The van der Waals surface area contributed by atoms with E-state index in [0.717, 1.165) is 32.2 Å². The molecule has 0 radical (unpaired) electrons. The minimum Gasteiger partial charge on any atom is -0.387 e. The quantitative estimate of drug-likeness (QED) is 0.297. The molecule has 0 atom stereocenters. The van der Waals surface area contributed by atoms with Crippen LogP contribution in [0.15, 0.2) is 36.1 Å². The predicted octanol–water partition coefficient (Wildman–Crippen LogP) is 1.94. The maximum Gasteiger partial charge on any atom is 0.243 e. The van der Waals surface area contributed by atoms with E-state index in [4.69, 9.17) is 5.21 Å². The van der Waals surface area contributed by atoms with E-state index in [1.165, 1.54) is 5.57 Å². The summed E-state index contributed by atoms with van der Waals surface area (Å²) in [6, 6.07) is 0. The van der Waals surface area contributed by atoms with Crippen LogP contribution in [0.25, 0.3) is 0 Å². The summed E-state index contributed by atoms with van der Waals surface area (Å²) in [5, 5.41) is 14.5. The summed E-state index contributed by atoms with van der Waals surface area (Å²) in [6.07, 6.45) is 15.0. The number of unbranched alkanes of at least 4 members (excludes halogenated alkanes) is 2. The smallest absolute Gasteiger partial charge is 0.243 e. The lowest BCUT2D eigenvalue weighted by Gasteiger charge is -2.08. The molecule has 6 nitrogen and oxygen atoms in total. The zero-order valence-electron chi connectivity index (χ0n) is 13.5. The monoisotopic (exact) mass is 321 g/mol. The molecule has 0 saturated heterocycles. The highest BCUT2D eigenvalue weighted by Crippen LogP contribution is 2.08. The summed E-state index contributed by atoms with van der Waals surface area (Å²) in [4.78, 5) is 22.5. The molecule has 1 aliphatic heterocycles. The first kappa shape index (κ1) is 19.0. The molecule has 4 N–H and O–H groups in total. The fourth-order valence-corrected chi connectivity index (χ4v) is 2.20. The van der Waals surface area contributed by atoms with Crippen molar-refractivity contribution >= 4 is 11.8 Å². The SMILES string of the molecule is O=C(CCCCCC(=O)NCC/C1=C/NC/C=C\C=C/C1)NO. The topological polar surface area (TPSA) is 90.5 Å². The third-order valence-electron chi connectivity index (χ3n) is 3.51. The van der Waals surface area contributed by atoms with Gasteiger partial charge in [-0.3, -0.25) is 14.8 Å². The molecule has 6 heteroatoms. The van der Waals surface area contributed by atoms with Crippen LogP contribution in [0.4, 0.5) is 0 Å². The maximum atomic E-state index is 11.7. The van der Waals surface area contributed by atoms with Crippen LogP contribution < -0.4 is 16.1 Å². The van der Waals surface area contributed by atoms with Crippen LogP contribution in [0.1, 0.15) is 44.9 Å². The van der Waals surface area contributed by atoms with Gasteiger partial charge in [0, 0.05) is 25.9 Å². The van der Waals surface area contributed by atoms with E-state index in [1.807, 2.05) is 18.4 Å². The second-order valence-electron chi connectivity index (χ2n) is 5.47. The maximum absolute atomic E-state index is 11.7. The molecular weight excluding hydrogens is 294 g/mol. The zero-order chi connectivity index (χ0) is 16.8. The van der Waals surface area contributed by atoms with Crippen LogP contribution in [0, 0.1) is 0 Å². The highest BCUT2D eigenvalue weighted by molar-refractivity contribution is 5.76. The highest BCUT2D eigenvalue weighted by atomic mass is 16.5. The number of rotatable bonds is 9. The van der Waals surface area contributed by atoms with Crippen molar-refractivity contribution in [2.45, 2.75) is 44.9 Å². The number of amides is 2. The minimum atomic E-state index is -0.379. The molecule has 0 aliphatic carbocycles. The first-order valence-corrected chi connectivity index (χ1v) is 8.15. The third kappa shape index (κ3) is 10.3. The molecule has 2 amide bonds. The Morgan fingerprint density at radius 3 is 2.61 bits per heavy atom. The Balaban J connectivity index is 2.08. The Morgan fingerprint density at radius 1 is 1.09 bits per heavy atom. The average Bonchev–Trinajstić information content (AvgIpc) is 2.68. The van der Waals surface area contributed by atoms with Gasteiger partial charge in [-0.1, -0.05) is 30.7 Å². The molecule has 0 aromatic rings. The predicted molar refractivity (Wildman–Crippen MR) is 89.6 cm³/mol. The summed E-state index contributed by atoms with van der Waals surface area (Å²) < 4.78 is 0. The summed E-state index contributed by atoms with van der Waals surface area (Å²) >= 11 is 0. The molecule has 0 unspecified atom stereocenters. The van der Waals surface area contributed by atoms with Gasteiger partial charge in [0.25, 0.3) is 0 Å². The van der Waals surface area contributed by atoms with Crippen molar-refractivity contribution in [1.82, 2.24) is 16.1 Å². The average molecular weight is 321 g/mol. The van der Waals surface area contributed by atoms with Crippen LogP contribution in [0.2, 0.25) is 0 Å². The number of carbonyl (C=O) groups excluding carboxylic acids is 2. The van der Waals surface area contributed by atoms with Gasteiger partial charge in [0.15, 0.2) is 0 Å². The Hall–Kier alpha value is -2.08. The normalized spacial score (nSPS) is 19.1. The van der Waals surface area contributed by atoms with Crippen LogP contribution >= 0.6 is 0 Å². The highest BCUT2D eigenvalue weighted by Gasteiger charge is 2.03. The van der Waals surface area contributed by atoms with Crippen molar-refractivity contribution in [3.63, 3.8) is 0 Å². The van der Waals surface area contributed by atoms with Gasteiger partial charge < -0.3 is 10.6 Å². The Bertz CT molecular complexity index is 456. The third-order valence-corrected chi connectivity index (χ3v) is 3.51. The number of hydrogen-bond acceptors (Lipinski definition) is 4. The molecule has 0 aromatic heterocycles. The van der Waals surface area contributed by atoms with E-state index in [1.54, 1.807) is 5.48 Å². The summed E-state index contributed by atoms with van der Waals surface area (Å²) in [5.41, 5.74) is 2.86. The lowest BCUT2D eigenvalue weighted by atomic mass is 10.1. The van der Waals surface area contributed by atoms with Crippen LogP contribution in [-0.4, -0.2) is 30.1 Å². The summed E-state index contributed by atoms with van der Waals surface area (Å²) in [5.74, 6) is -0.332. The van der Waals surface area contributed by atoms with Crippen molar-refractivity contribution in [1.29, 1.82) is 0 Å². The minimum absolute atomic E-state index is 0.0467. The lowest BCUT2D eigenvalue weighted by molar-refractivity contribution is -0.129. The van der Waals surface area contributed by atoms with E-state index < -0.39 is 0 Å². The molecule has 0 aromatic carbocycles. The largest absolute Gasteiger partial charge is 0.387 e. The number of hydroxylamine groups is 1. The Morgan fingerprint density at radius 2 is 1.83 bits per heavy atom. The van der Waals surface area contributed by atoms with Crippen LogP contribution in [-0.2, 0) is 9.59 Å². The molecule has 0 spiro atoms. The fraction of sp³-hybridized carbons (Fsp3) is 0.529. The molecule has 23 heavy (non-hydrogen) atoms. The van der Waals surface area contributed by atoms with Crippen LogP contribution in [0.5, 0.6) is 0 Å². The van der Waals surface area contributed by atoms with Gasteiger partial charge >= 0.3 is 0 Å².